The number of aliphatic hydroxyl groups excluding tert-OH is 1. The summed E-state index contributed by atoms with van der Waals surface area (Å²) in [4.78, 5) is 41.3. The first-order valence-corrected chi connectivity index (χ1v) is 10.9. The van der Waals surface area contributed by atoms with E-state index in [-0.39, 0.29) is 24.9 Å². The van der Waals surface area contributed by atoms with Gasteiger partial charge in [0.1, 0.15) is 11.3 Å². The summed E-state index contributed by atoms with van der Waals surface area (Å²) in [6.07, 6.45) is 0.931. The number of aliphatic hydroxyl groups is 1. The second-order valence-electron chi connectivity index (χ2n) is 8.32. The molecule has 0 saturated carbocycles. The molecule has 2 N–H and O–H groups in total. The Morgan fingerprint density at radius 3 is 2.45 bits per heavy atom. The molecule has 10 heteroatoms. The third-order valence-corrected chi connectivity index (χ3v) is 5.47. The molecule has 0 unspecified atom stereocenters. The number of carbonyl (C=O) groups is 3. The van der Waals surface area contributed by atoms with Gasteiger partial charge in [0.2, 0.25) is 0 Å². The quantitative estimate of drug-likeness (QED) is 0.604. The number of carbonyl (C=O) groups excluding carboxylic acids is 3. The van der Waals surface area contributed by atoms with Gasteiger partial charge >= 0.3 is 6.09 Å². The van der Waals surface area contributed by atoms with Crippen LogP contribution in [-0.2, 0) is 14.3 Å². The molecule has 3 amide bonds. The maximum absolute atomic E-state index is 12.3. The molecule has 0 aromatic heterocycles. The molecule has 0 atom stereocenters. The largest absolute Gasteiger partial charge is 0.444 e. The van der Waals surface area contributed by atoms with E-state index in [9.17, 15) is 14.4 Å². The zero-order valence-corrected chi connectivity index (χ0v) is 19.4. The van der Waals surface area contributed by atoms with Crippen molar-refractivity contribution in [1.82, 2.24) is 9.80 Å². The summed E-state index contributed by atoms with van der Waals surface area (Å²) in [7, 11) is 0. The highest BCUT2D eigenvalue weighted by molar-refractivity contribution is 9.10. The molecule has 1 aromatic rings. The number of ether oxygens (including phenoxy) is 1. The van der Waals surface area contributed by atoms with Gasteiger partial charge in [-0.15, -0.1) is 0 Å². The van der Waals surface area contributed by atoms with Crippen LogP contribution in [-0.4, -0.2) is 77.7 Å². The molecule has 2 heterocycles. The van der Waals surface area contributed by atoms with Crippen molar-refractivity contribution >= 4 is 45.2 Å². The first kappa shape index (κ1) is 23.1. The van der Waals surface area contributed by atoms with Gasteiger partial charge in [-0.05, 0) is 54.9 Å². The minimum absolute atomic E-state index is 0.0305. The molecule has 0 spiro atoms. The van der Waals surface area contributed by atoms with Gasteiger partial charge in [-0.3, -0.25) is 14.5 Å². The van der Waals surface area contributed by atoms with Crippen molar-refractivity contribution in [2.45, 2.75) is 26.4 Å². The highest BCUT2D eigenvalue weighted by atomic mass is 79.9. The van der Waals surface area contributed by atoms with Crippen LogP contribution in [0.1, 0.15) is 20.8 Å². The summed E-state index contributed by atoms with van der Waals surface area (Å²) in [5.41, 5.74) is 1.28. The van der Waals surface area contributed by atoms with Crippen LogP contribution in [0.5, 0.6) is 0 Å². The number of benzene rings is 1. The zero-order valence-electron chi connectivity index (χ0n) is 17.9. The van der Waals surface area contributed by atoms with Crippen LogP contribution in [0.2, 0.25) is 0 Å². The predicted octanol–water partition coefficient (Wildman–Crippen LogP) is 2.16. The standard InChI is InChI=1S/C21H27BrN4O5/c1-21(2,3)31-20(30)25-8-6-24(7-9-25)17-5-4-14(12-15(17)22)23-16-13-18(28)26(10-11-27)19(16)29/h4-5,12-13,23,27H,6-11H2,1-3H3. The van der Waals surface area contributed by atoms with E-state index >= 15 is 0 Å². The van der Waals surface area contributed by atoms with Crippen LogP contribution in [0.15, 0.2) is 34.4 Å². The lowest BCUT2D eigenvalue weighted by atomic mass is 10.2. The third-order valence-electron chi connectivity index (χ3n) is 4.83. The molecule has 2 aliphatic rings. The Morgan fingerprint density at radius 1 is 1.19 bits per heavy atom. The molecular formula is C21H27BrN4O5. The maximum Gasteiger partial charge on any atom is 0.410 e. The molecule has 9 nitrogen and oxygen atoms in total. The van der Waals surface area contributed by atoms with Gasteiger partial charge in [0.05, 0.1) is 18.8 Å². The van der Waals surface area contributed by atoms with Crippen LogP contribution in [0.3, 0.4) is 0 Å². The average molecular weight is 495 g/mol. The molecule has 1 aromatic carbocycles. The second-order valence-corrected chi connectivity index (χ2v) is 9.18. The number of nitrogens with one attached hydrogen (secondary N) is 1. The smallest absolute Gasteiger partial charge is 0.410 e. The van der Waals surface area contributed by atoms with E-state index in [2.05, 4.69) is 26.1 Å². The lowest BCUT2D eigenvalue weighted by Crippen LogP contribution is -2.50. The number of halogens is 1. The van der Waals surface area contributed by atoms with Crippen molar-refractivity contribution < 1.29 is 24.2 Å². The molecule has 2 aliphatic heterocycles. The van der Waals surface area contributed by atoms with Gasteiger partial charge in [0.25, 0.3) is 11.8 Å². The molecule has 0 bridgehead atoms. The van der Waals surface area contributed by atoms with Gasteiger partial charge in [-0.2, -0.15) is 0 Å². The number of piperazine rings is 1. The summed E-state index contributed by atoms with van der Waals surface area (Å²) in [6, 6.07) is 5.58. The number of β-amino-alcohol motifs (C(OH)–C–C–N with tert-alkyl or cyclic N) is 1. The number of amides is 3. The highest BCUT2D eigenvalue weighted by Crippen LogP contribution is 2.31. The van der Waals surface area contributed by atoms with E-state index in [4.69, 9.17) is 9.84 Å². The highest BCUT2D eigenvalue weighted by Gasteiger charge is 2.31. The Labute approximate surface area is 189 Å². The van der Waals surface area contributed by atoms with Gasteiger partial charge in [-0.25, -0.2) is 4.79 Å². The number of hydrogen-bond donors (Lipinski definition) is 2. The SMILES string of the molecule is CC(C)(C)OC(=O)N1CCN(c2ccc(NC3=CC(=O)N(CCO)C3=O)cc2Br)CC1. The van der Waals surface area contributed by atoms with Gasteiger partial charge in [0.15, 0.2) is 0 Å². The summed E-state index contributed by atoms with van der Waals surface area (Å²) in [5.74, 6) is -0.905. The number of rotatable bonds is 5. The molecule has 1 fully saturated rings. The van der Waals surface area contributed by atoms with Crippen LogP contribution < -0.4 is 10.2 Å². The number of anilines is 2. The van der Waals surface area contributed by atoms with Gasteiger partial charge in [-0.1, -0.05) is 0 Å². The number of nitrogens with zero attached hydrogens (tertiary/aromatic N) is 3. The van der Waals surface area contributed by atoms with Crippen molar-refractivity contribution in [3.63, 3.8) is 0 Å². The van der Waals surface area contributed by atoms with E-state index in [1.54, 1.807) is 4.90 Å². The Hall–Kier alpha value is -2.59. The number of hydrogen-bond acceptors (Lipinski definition) is 7. The van der Waals surface area contributed by atoms with E-state index in [0.29, 0.717) is 31.9 Å². The molecule has 0 radical (unpaired) electrons. The summed E-state index contributed by atoms with van der Waals surface area (Å²) < 4.78 is 6.26. The molecule has 31 heavy (non-hydrogen) atoms. The fraction of sp³-hybridized carbons (Fsp3) is 0.476. The van der Waals surface area contributed by atoms with E-state index in [0.717, 1.165) is 15.1 Å². The molecule has 0 aliphatic carbocycles. The lowest BCUT2D eigenvalue weighted by Gasteiger charge is -2.37. The fourth-order valence-electron chi connectivity index (χ4n) is 3.36. The minimum atomic E-state index is -0.518. The number of imide groups is 1. The Kier molecular flexibility index (Phi) is 6.90. The van der Waals surface area contributed by atoms with Crippen molar-refractivity contribution in [1.29, 1.82) is 0 Å². The Balaban J connectivity index is 1.61. The molecule has 168 valence electrons. The summed E-state index contributed by atoms with van der Waals surface area (Å²) >= 11 is 3.58. The second kappa shape index (κ2) is 9.27. The van der Waals surface area contributed by atoms with Gasteiger partial charge in [0, 0.05) is 42.4 Å². The first-order valence-electron chi connectivity index (χ1n) is 10.1. The fourth-order valence-corrected chi connectivity index (χ4v) is 3.99. The Bertz CT molecular complexity index is 904. The van der Waals surface area contributed by atoms with Crippen LogP contribution in [0.4, 0.5) is 16.2 Å². The van der Waals surface area contributed by atoms with Crippen molar-refractivity contribution in [2.75, 3.05) is 49.5 Å². The zero-order chi connectivity index (χ0) is 22.8. The maximum atomic E-state index is 12.3. The van der Waals surface area contributed by atoms with Crippen molar-refractivity contribution in [3.05, 3.63) is 34.4 Å². The monoisotopic (exact) mass is 494 g/mol. The van der Waals surface area contributed by atoms with E-state index in [1.807, 2.05) is 39.0 Å². The minimum Gasteiger partial charge on any atom is -0.444 e. The topological polar surface area (TPSA) is 102 Å². The van der Waals surface area contributed by atoms with Crippen molar-refractivity contribution in [3.8, 4) is 0 Å². The van der Waals surface area contributed by atoms with E-state index in [1.165, 1.54) is 6.08 Å². The lowest BCUT2D eigenvalue weighted by molar-refractivity contribution is -0.137. The third kappa shape index (κ3) is 5.56. The normalized spacial score (nSPS) is 17.2. The van der Waals surface area contributed by atoms with E-state index < -0.39 is 17.4 Å². The molecule has 1 saturated heterocycles. The first-order chi connectivity index (χ1) is 14.6. The summed E-state index contributed by atoms with van der Waals surface area (Å²) in [5, 5.41) is 12.0. The average Bonchev–Trinajstić information content (AvgIpc) is 2.95. The molecule has 3 rings (SSSR count). The van der Waals surface area contributed by atoms with Crippen LogP contribution in [0, 0.1) is 0 Å². The van der Waals surface area contributed by atoms with Crippen LogP contribution in [0.25, 0.3) is 0 Å². The Morgan fingerprint density at radius 2 is 1.87 bits per heavy atom. The predicted molar refractivity (Wildman–Crippen MR) is 120 cm³/mol. The molecular weight excluding hydrogens is 468 g/mol. The van der Waals surface area contributed by atoms with Gasteiger partial charge < -0.3 is 25.0 Å². The van der Waals surface area contributed by atoms with Crippen LogP contribution >= 0.6 is 15.9 Å². The van der Waals surface area contributed by atoms with Crippen molar-refractivity contribution in [2.24, 2.45) is 0 Å². The summed E-state index contributed by atoms with van der Waals surface area (Å²) in [6.45, 7) is 7.70.